The van der Waals surface area contributed by atoms with Crippen LogP contribution in [0.5, 0.6) is 0 Å². The largest absolute Gasteiger partial charge is 0.503 e. The molecule has 1 heterocycles. The first-order chi connectivity index (χ1) is 9.75. The first kappa shape index (κ1) is 13.2. The normalized spacial score (nSPS) is 20.8. The van der Waals surface area contributed by atoms with Crippen LogP contribution in [0.1, 0.15) is 37.7 Å². The number of hydrogen-bond acceptors (Lipinski definition) is 2. The van der Waals surface area contributed by atoms with Crippen molar-refractivity contribution >= 4 is 5.91 Å². The van der Waals surface area contributed by atoms with Crippen molar-refractivity contribution in [1.82, 2.24) is 4.90 Å². The van der Waals surface area contributed by atoms with Crippen molar-refractivity contribution in [1.29, 1.82) is 0 Å². The van der Waals surface area contributed by atoms with Gasteiger partial charge >= 0.3 is 0 Å². The fraction of sp³-hybridized carbons (Fsp3) is 0.471. The number of carbonyl (C=O) groups excluding carboxylic acids is 1. The van der Waals surface area contributed by atoms with Crippen LogP contribution in [0.15, 0.2) is 41.7 Å². The van der Waals surface area contributed by atoms with E-state index in [9.17, 15) is 9.90 Å². The van der Waals surface area contributed by atoms with Gasteiger partial charge in [0.15, 0.2) is 5.76 Å². The summed E-state index contributed by atoms with van der Waals surface area (Å²) < 4.78 is 0. The number of nitrogens with zero attached hydrogens (tertiary/aromatic N) is 1. The minimum Gasteiger partial charge on any atom is -0.503 e. The number of rotatable bonds is 3. The molecule has 1 saturated carbocycles. The van der Waals surface area contributed by atoms with Crippen LogP contribution < -0.4 is 0 Å². The van der Waals surface area contributed by atoms with E-state index < -0.39 is 0 Å². The molecule has 0 atom stereocenters. The molecule has 3 rings (SSSR count). The third-order valence-electron chi connectivity index (χ3n) is 4.44. The molecular weight excluding hydrogens is 250 g/mol. The third kappa shape index (κ3) is 2.58. The van der Waals surface area contributed by atoms with Crippen LogP contribution >= 0.6 is 0 Å². The molecular formula is C17H21NO2. The molecule has 1 N–H and O–H groups in total. The zero-order chi connectivity index (χ0) is 13.9. The molecule has 0 unspecified atom stereocenters. The standard InChI is InChI=1S/C17H21NO2/c19-16-14(11-13-7-3-1-4-8-13)12-18(17(16)20)15-9-5-2-6-10-15/h1,3-4,7-8,15,19H,2,5-6,9-12H2. The van der Waals surface area contributed by atoms with Gasteiger partial charge in [-0.05, 0) is 24.8 Å². The van der Waals surface area contributed by atoms with E-state index in [0.717, 1.165) is 24.0 Å². The number of benzene rings is 1. The molecule has 3 heteroatoms. The number of aliphatic hydroxyl groups is 1. The lowest BCUT2D eigenvalue weighted by Crippen LogP contribution is -2.39. The van der Waals surface area contributed by atoms with E-state index >= 15 is 0 Å². The molecule has 106 valence electrons. The lowest BCUT2D eigenvalue weighted by Gasteiger charge is -2.31. The van der Waals surface area contributed by atoms with Gasteiger partial charge in [-0.2, -0.15) is 0 Å². The van der Waals surface area contributed by atoms with Gasteiger partial charge in [-0.25, -0.2) is 0 Å². The van der Waals surface area contributed by atoms with Crippen LogP contribution in [0, 0.1) is 0 Å². The Morgan fingerprint density at radius 3 is 2.50 bits per heavy atom. The Balaban J connectivity index is 1.71. The van der Waals surface area contributed by atoms with E-state index in [-0.39, 0.29) is 11.7 Å². The molecule has 0 spiro atoms. The average Bonchev–Trinajstić information content (AvgIpc) is 2.78. The maximum Gasteiger partial charge on any atom is 0.289 e. The van der Waals surface area contributed by atoms with E-state index in [1.165, 1.54) is 19.3 Å². The third-order valence-corrected chi connectivity index (χ3v) is 4.44. The molecule has 0 radical (unpaired) electrons. The molecule has 1 amide bonds. The summed E-state index contributed by atoms with van der Waals surface area (Å²) in [5.74, 6) is -0.178. The molecule has 1 aliphatic carbocycles. The van der Waals surface area contributed by atoms with E-state index in [0.29, 0.717) is 19.0 Å². The van der Waals surface area contributed by atoms with Crippen molar-refractivity contribution in [3.63, 3.8) is 0 Å². The minimum absolute atomic E-state index is 0.0144. The van der Waals surface area contributed by atoms with Crippen LogP contribution in [-0.2, 0) is 11.2 Å². The van der Waals surface area contributed by atoms with Crippen molar-refractivity contribution in [2.75, 3.05) is 6.54 Å². The SMILES string of the molecule is O=C1C(O)=C(Cc2ccccc2)CN1C1CCCCC1. The molecule has 0 aromatic heterocycles. The Labute approximate surface area is 119 Å². The molecule has 1 aliphatic heterocycles. The smallest absolute Gasteiger partial charge is 0.289 e. The molecule has 20 heavy (non-hydrogen) atoms. The fourth-order valence-corrected chi connectivity index (χ4v) is 3.31. The highest BCUT2D eigenvalue weighted by atomic mass is 16.3. The quantitative estimate of drug-likeness (QED) is 0.917. The second-order valence-corrected chi connectivity index (χ2v) is 5.84. The summed E-state index contributed by atoms with van der Waals surface area (Å²) in [5, 5.41) is 10.1. The lowest BCUT2D eigenvalue weighted by molar-refractivity contribution is -0.130. The molecule has 1 aromatic rings. The monoisotopic (exact) mass is 271 g/mol. The highest BCUT2D eigenvalue weighted by Gasteiger charge is 2.35. The van der Waals surface area contributed by atoms with Crippen molar-refractivity contribution < 1.29 is 9.90 Å². The number of aliphatic hydroxyl groups excluding tert-OH is 1. The summed E-state index contributed by atoms with van der Waals surface area (Å²) in [4.78, 5) is 14.1. The summed E-state index contributed by atoms with van der Waals surface area (Å²) in [5.41, 5.74) is 2.01. The van der Waals surface area contributed by atoms with Gasteiger partial charge in [0.1, 0.15) is 0 Å². The number of carbonyl (C=O) groups is 1. The molecule has 2 aliphatic rings. The van der Waals surface area contributed by atoms with E-state index in [4.69, 9.17) is 0 Å². The predicted molar refractivity (Wildman–Crippen MR) is 78.4 cm³/mol. The van der Waals surface area contributed by atoms with Gasteiger partial charge in [0, 0.05) is 18.2 Å². The summed E-state index contributed by atoms with van der Waals surface area (Å²) in [6, 6.07) is 10.4. The Morgan fingerprint density at radius 2 is 1.80 bits per heavy atom. The Hall–Kier alpha value is -1.77. The molecule has 3 nitrogen and oxygen atoms in total. The van der Waals surface area contributed by atoms with Gasteiger partial charge < -0.3 is 10.0 Å². The minimum atomic E-state index is -0.164. The molecule has 1 fully saturated rings. The maximum atomic E-state index is 12.2. The highest BCUT2D eigenvalue weighted by Crippen LogP contribution is 2.29. The second-order valence-electron chi connectivity index (χ2n) is 5.84. The van der Waals surface area contributed by atoms with E-state index in [2.05, 4.69) is 0 Å². The fourth-order valence-electron chi connectivity index (χ4n) is 3.31. The topological polar surface area (TPSA) is 40.5 Å². The Morgan fingerprint density at radius 1 is 1.10 bits per heavy atom. The lowest BCUT2D eigenvalue weighted by atomic mass is 9.94. The Kier molecular flexibility index (Phi) is 3.77. The first-order valence-corrected chi connectivity index (χ1v) is 7.51. The zero-order valence-electron chi connectivity index (χ0n) is 11.7. The van der Waals surface area contributed by atoms with Crippen LogP contribution in [0.4, 0.5) is 0 Å². The van der Waals surface area contributed by atoms with Crippen LogP contribution in [-0.4, -0.2) is 28.5 Å². The average molecular weight is 271 g/mol. The van der Waals surface area contributed by atoms with Crippen molar-refractivity contribution in [3.8, 4) is 0 Å². The van der Waals surface area contributed by atoms with Crippen LogP contribution in [0.25, 0.3) is 0 Å². The van der Waals surface area contributed by atoms with E-state index in [1.807, 2.05) is 35.2 Å². The van der Waals surface area contributed by atoms with Gasteiger partial charge in [0.05, 0.1) is 0 Å². The predicted octanol–water partition coefficient (Wildman–Crippen LogP) is 3.22. The Bertz CT molecular complexity index is 515. The summed E-state index contributed by atoms with van der Waals surface area (Å²) >= 11 is 0. The van der Waals surface area contributed by atoms with E-state index in [1.54, 1.807) is 0 Å². The first-order valence-electron chi connectivity index (χ1n) is 7.51. The molecule has 0 saturated heterocycles. The van der Waals surface area contributed by atoms with Gasteiger partial charge in [-0.3, -0.25) is 4.79 Å². The van der Waals surface area contributed by atoms with Crippen LogP contribution in [0.2, 0.25) is 0 Å². The van der Waals surface area contributed by atoms with Crippen molar-refractivity contribution in [2.45, 2.75) is 44.6 Å². The maximum absolute atomic E-state index is 12.2. The number of amides is 1. The summed E-state index contributed by atoms with van der Waals surface area (Å²) in [6.07, 6.45) is 6.50. The highest BCUT2D eigenvalue weighted by molar-refractivity contribution is 5.95. The van der Waals surface area contributed by atoms with Gasteiger partial charge in [0.25, 0.3) is 5.91 Å². The van der Waals surface area contributed by atoms with Crippen molar-refractivity contribution in [2.24, 2.45) is 0 Å². The van der Waals surface area contributed by atoms with Gasteiger partial charge in [-0.15, -0.1) is 0 Å². The zero-order valence-corrected chi connectivity index (χ0v) is 11.7. The van der Waals surface area contributed by atoms with Crippen molar-refractivity contribution in [3.05, 3.63) is 47.2 Å². The summed E-state index contributed by atoms with van der Waals surface area (Å²) in [6.45, 7) is 0.601. The van der Waals surface area contributed by atoms with Gasteiger partial charge in [0.2, 0.25) is 0 Å². The van der Waals surface area contributed by atoms with Gasteiger partial charge in [-0.1, -0.05) is 49.6 Å². The molecule has 1 aromatic carbocycles. The number of hydrogen-bond donors (Lipinski definition) is 1. The van der Waals surface area contributed by atoms with Crippen LogP contribution in [0.3, 0.4) is 0 Å². The summed E-state index contributed by atoms with van der Waals surface area (Å²) in [7, 11) is 0. The molecule has 0 bridgehead atoms. The second kappa shape index (κ2) is 5.70.